The Morgan fingerprint density at radius 2 is 1.72 bits per heavy atom. The second-order valence-electron chi connectivity index (χ2n) is 6.31. The molecule has 0 spiro atoms. The first-order valence-electron chi connectivity index (χ1n) is 8.44. The summed E-state index contributed by atoms with van der Waals surface area (Å²) < 4.78 is 6.30. The van der Waals surface area contributed by atoms with E-state index in [4.69, 9.17) is 16.3 Å². The number of fused-ring (bicyclic) bond motifs is 1. The van der Waals surface area contributed by atoms with Gasteiger partial charge in [-0.25, -0.2) is 0 Å². The summed E-state index contributed by atoms with van der Waals surface area (Å²) >= 11 is 8.06. The standard InChI is InChI=1S/C22H19ClOS/c1-15-7-5-6-10-21(15)25-22-14-18(16-8-3-2-4-9-16)19-13-17(23)11-12-20(19)24-22/h2-13,18,22H,14H2,1H3/t18-,22-/m0/s1. The zero-order valence-corrected chi connectivity index (χ0v) is 15.6. The van der Waals surface area contributed by atoms with Gasteiger partial charge < -0.3 is 4.74 Å². The molecule has 0 aromatic heterocycles. The molecule has 0 amide bonds. The van der Waals surface area contributed by atoms with Crippen LogP contribution >= 0.6 is 23.4 Å². The molecule has 0 N–H and O–H groups in total. The molecule has 3 heteroatoms. The van der Waals surface area contributed by atoms with Crippen molar-refractivity contribution in [3.8, 4) is 5.75 Å². The van der Waals surface area contributed by atoms with Crippen molar-refractivity contribution in [2.75, 3.05) is 0 Å². The highest BCUT2D eigenvalue weighted by atomic mass is 35.5. The van der Waals surface area contributed by atoms with Crippen LogP contribution in [0.4, 0.5) is 0 Å². The lowest BCUT2D eigenvalue weighted by Crippen LogP contribution is -2.23. The van der Waals surface area contributed by atoms with Gasteiger partial charge in [0.05, 0.1) is 0 Å². The third-order valence-electron chi connectivity index (χ3n) is 4.59. The Kier molecular flexibility index (Phi) is 4.74. The van der Waals surface area contributed by atoms with Crippen LogP contribution < -0.4 is 4.74 Å². The van der Waals surface area contributed by atoms with Gasteiger partial charge in [0.2, 0.25) is 0 Å². The molecule has 3 aromatic carbocycles. The first kappa shape index (κ1) is 16.6. The van der Waals surface area contributed by atoms with E-state index in [-0.39, 0.29) is 5.44 Å². The van der Waals surface area contributed by atoms with Crippen LogP contribution in [0.3, 0.4) is 0 Å². The van der Waals surface area contributed by atoms with E-state index >= 15 is 0 Å². The minimum absolute atomic E-state index is 0.0833. The highest BCUT2D eigenvalue weighted by Gasteiger charge is 2.30. The maximum Gasteiger partial charge on any atom is 0.149 e. The molecule has 0 aliphatic carbocycles. The van der Waals surface area contributed by atoms with Crippen LogP contribution in [0.2, 0.25) is 5.02 Å². The molecular formula is C22H19ClOS. The number of hydrogen-bond acceptors (Lipinski definition) is 2. The highest BCUT2D eigenvalue weighted by molar-refractivity contribution is 7.99. The number of halogens is 1. The van der Waals surface area contributed by atoms with E-state index in [1.54, 1.807) is 11.8 Å². The Hall–Kier alpha value is -1.90. The molecular weight excluding hydrogens is 348 g/mol. The van der Waals surface area contributed by atoms with E-state index in [2.05, 4.69) is 61.5 Å². The quantitative estimate of drug-likeness (QED) is 0.511. The summed E-state index contributed by atoms with van der Waals surface area (Å²) in [6.45, 7) is 2.15. The fourth-order valence-electron chi connectivity index (χ4n) is 3.31. The Morgan fingerprint density at radius 3 is 2.52 bits per heavy atom. The van der Waals surface area contributed by atoms with Gasteiger partial charge in [-0.3, -0.25) is 0 Å². The topological polar surface area (TPSA) is 9.23 Å². The van der Waals surface area contributed by atoms with E-state index in [9.17, 15) is 0 Å². The van der Waals surface area contributed by atoms with Gasteiger partial charge in [0, 0.05) is 27.8 Å². The smallest absolute Gasteiger partial charge is 0.149 e. The number of thioether (sulfide) groups is 1. The van der Waals surface area contributed by atoms with E-state index in [1.807, 2.05) is 18.2 Å². The zero-order chi connectivity index (χ0) is 17.2. The highest BCUT2D eigenvalue weighted by Crippen LogP contribution is 2.45. The largest absolute Gasteiger partial charge is 0.479 e. The fraction of sp³-hybridized carbons (Fsp3) is 0.182. The van der Waals surface area contributed by atoms with Gasteiger partial charge in [-0.1, -0.05) is 71.9 Å². The molecule has 0 fully saturated rings. The average Bonchev–Trinajstić information content (AvgIpc) is 2.64. The van der Waals surface area contributed by atoms with Gasteiger partial charge in [-0.05, 0) is 42.3 Å². The monoisotopic (exact) mass is 366 g/mol. The number of benzene rings is 3. The number of rotatable bonds is 3. The van der Waals surface area contributed by atoms with Crippen LogP contribution in [-0.4, -0.2) is 5.44 Å². The Bertz CT molecular complexity index is 878. The zero-order valence-electron chi connectivity index (χ0n) is 14.0. The van der Waals surface area contributed by atoms with Crippen LogP contribution in [0.15, 0.2) is 77.7 Å². The predicted molar refractivity (Wildman–Crippen MR) is 106 cm³/mol. The van der Waals surface area contributed by atoms with Crippen LogP contribution in [0.5, 0.6) is 5.75 Å². The van der Waals surface area contributed by atoms with Crippen molar-refractivity contribution >= 4 is 23.4 Å². The van der Waals surface area contributed by atoms with Crippen molar-refractivity contribution in [1.29, 1.82) is 0 Å². The molecule has 2 atom stereocenters. The van der Waals surface area contributed by atoms with E-state index in [0.29, 0.717) is 5.92 Å². The fourth-order valence-corrected chi connectivity index (χ4v) is 4.63. The van der Waals surface area contributed by atoms with Gasteiger partial charge in [0.15, 0.2) is 0 Å². The Labute approximate surface area is 158 Å². The van der Waals surface area contributed by atoms with Crippen molar-refractivity contribution in [2.45, 2.75) is 29.6 Å². The lowest BCUT2D eigenvalue weighted by molar-refractivity contribution is 0.245. The predicted octanol–water partition coefficient (Wildman–Crippen LogP) is 6.68. The summed E-state index contributed by atoms with van der Waals surface area (Å²) in [5, 5.41) is 0.758. The molecule has 1 aliphatic rings. The first-order chi connectivity index (χ1) is 12.2. The Balaban J connectivity index is 1.69. The summed E-state index contributed by atoms with van der Waals surface area (Å²) in [5.74, 6) is 1.24. The third-order valence-corrected chi connectivity index (χ3v) is 6.09. The van der Waals surface area contributed by atoms with Crippen molar-refractivity contribution < 1.29 is 4.74 Å². The van der Waals surface area contributed by atoms with E-state index in [0.717, 1.165) is 17.2 Å². The summed E-state index contributed by atoms with van der Waals surface area (Å²) in [6, 6.07) is 25.0. The van der Waals surface area contributed by atoms with Crippen molar-refractivity contribution in [1.82, 2.24) is 0 Å². The lowest BCUT2D eigenvalue weighted by atomic mass is 9.87. The second kappa shape index (κ2) is 7.15. The molecule has 1 nitrogen and oxygen atoms in total. The number of aryl methyl sites for hydroxylation is 1. The molecule has 0 saturated carbocycles. The number of ether oxygens (including phenoxy) is 1. The summed E-state index contributed by atoms with van der Waals surface area (Å²) in [7, 11) is 0. The molecule has 0 radical (unpaired) electrons. The second-order valence-corrected chi connectivity index (χ2v) is 7.95. The lowest BCUT2D eigenvalue weighted by Gasteiger charge is -2.32. The average molecular weight is 367 g/mol. The normalized spacial score (nSPS) is 19.1. The summed E-state index contributed by atoms with van der Waals surface area (Å²) in [4.78, 5) is 1.27. The maximum absolute atomic E-state index is 6.30. The van der Waals surface area contributed by atoms with Crippen molar-refractivity contribution in [3.63, 3.8) is 0 Å². The summed E-state index contributed by atoms with van der Waals surface area (Å²) in [6.07, 6.45) is 0.927. The van der Waals surface area contributed by atoms with Crippen molar-refractivity contribution in [3.05, 3.63) is 94.5 Å². The summed E-state index contributed by atoms with van der Waals surface area (Å²) in [5.41, 5.74) is 3.86. The minimum atomic E-state index is 0.0833. The van der Waals surface area contributed by atoms with Gasteiger partial charge in [-0.15, -0.1) is 0 Å². The van der Waals surface area contributed by atoms with Gasteiger partial charge in [-0.2, -0.15) is 0 Å². The molecule has 0 bridgehead atoms. The van der Waals surface area contributed by atoms with Gasteiger partial charge in [0.25, 0.3) is 0 Å². The third kappa shape index (κ3) is 3.56. The molecule has 126 valence electrons. The van der Waals surface area contributed by atoms with Crippen molar-refractivity contribution in [2.24, 2.45) is 0 Å². The van der Waals surface area contributed by atoms with Crippen LogP contribution in [-0.2, 0) is 0 Å². The SMILES string of the molecule is Cc1ccccc1S[C@H]1C[C@@H](c2ccccc2)c2cc(Cl)ccc2O1. The van der Waals surface area contributed by atoms with Crippen LogP contribution in [0.25, 0.3) is 0 Å². The molecule has 3 aromatic rings. The molecule has 0 unspecified atom stereocenters. The van der Waals surface area contributed by atoms with Crippen LogP contribution in [0, 0.1) is 6.92 Å². The molecule has 4 rings (SSSR count). The minimum Gasteiger partial charge on any atom is -0.479 e. The molecule has 1 aliphatic heterocycles. The molecule has 25 heavy (non-hydrogen) atoms. The van der Waals surface area contributed by atoms with E-state index < -0.39 is 0 Å². The van der Waals surface area contributed by atoms with Gasteiger partial charge >= 0.3 is 0 Å². The Morgan fingerprint density at radius 1 is 0.960 bits per heavy atom. The molecule has 1 heterocycles. The van der Waals surface area contributed by atoms with E-state index in [1.165, 1.54) is 21.6 Å². The van der Waals surface area contributed by atoms with Gasteiger partial charge in [0.1, 0.15) is 11.2 Å². The van der Waals surface area contributed by atoms with Crippen LogP contribution in [0.1, 0.15) is 29.0 Å². The molecule has 0 saturated heterocycles. The maximum atomic E-state index is 6.30. The first-order valence-corrected chi connectivity index (χ1v) is 9.70. The number of hydrogen-bond donors (Lipinski definition) is 0.